The van der Waals surface area contributed by atoms with Crippen molar-refractivity contribution in [2.45, 2.75) is 26.2 Å². The minimum atomic E-state index is -1.37. The molecule has 1 aromatic heterocycles. The predicted molar refractivity (Wildman–Crippen MR) is 187 cm³/mol. The summed E-state index contributed by atoms with van der Waals surface area (Å²) in [6.45, 7) is 6.10. The van der Waals surface area contributed by atoms with Gasteiger partial charge in [0.25, 0.3) is 0 Å². The Balaban J connectivity index is 1.38. The number of ether oxygens (including phenoxy) is 2. The molecule has 0 aliphatic rings. The summed E-state index contributed by atoms with van der Waals surface area (Å²) in [5, 5.41) is 19.3. The van der Waals surface area contributed by atoms with Gasteiger partial charge in [-0.1, -0.05) is 45.0 Å². The van der Waals surface area contributed by atoms with Gasteiger partial charge in [-0.05, 0) is 59.5 Å². The number of benzene rings is 4. The maximum absolute atomic E-state index is 14.2. The number of carboxylic acids is 1. The van der Waals surface area contributed by atoms with Crippen LogP contribution in [-0.2, 0) is 16.4 Å². The first-order chi connectivity index (χ1) is 22.8. The van der Waals surface area contributed by atoms with Gasteiger partial charge in [0.05, 0.1) is 29.7 Å². The molecule has 0 fully saturated rings. The monoisotopic (exact) mass is 671 g/mol. The van der Waals surface area contributed by atoms with Crippen LogP contribution in [0.1, 0.15) is 36.7 Å². The van der Waals surface area contributed by atoms with Crippen LogP contribution in [-0.4, -0.2) is 39.7 Å². The van der Waals surface area contributed by atoms with Crippen LogP contribution in [0.25, 0.3) is 10.8 Å². The number of fused-ring (bicyclic) bond motifs is 1. The summed E-state index contributed by atoms with van der Waals surface area (Å²) in [4.78, 5) is 28.7. The highest BCUT2D eigenvalue weighted by atomic mass is 32.2. The SMILES string of the molecule is COc1c(NC(=O)Nc2ccc(Oc3ccnc(Nc4ccc(C(=O)O)c(F)c4)c3)c3ccccc23)cc(C(C)(C)C)cc1NS(C)=O. The smallest absolute Gasteiger partial charge is 0.338 e. The zero-order valence-corrected chi connectivity index (χ0v) is 27.6. The number of carbonyl (C=O) groups excluding carboxylic acids is 1. The van der Waals surface area contributed by atoms with E-state index in [1.807, 2.05) is 57.2 Å². The van der Waals surface area contributed by atoms with E-state index in [-0.39, 0.29) is 5.41 Å². The Morgan fingerprint density at radius 3 is 2.27 bits per heavy atom. The van der Waals surface area contributed by atoms with Gasteiger partial charge >= 0.3 is 12.0 Å². The molecule has 11 nitrogen and oxygen atoms in total. The van der Waals surface area contributed by atoms with E-state index in [0.717, 1.165) is 17.0 Å². The van der Waals surface area contributed by atoms with Gasteiger partial charge in [0.15, 0.2) is 5.75 Å². The molecule has 5 N–H and O–H groups in total. The topological polar surface area (TPSA) is 151 Å². The number of carbonyl (C=O) groups is 2. The van der Waals surface area contributed by atoms with E-state index in [1.165, 1.54) is 31.7 Å². The lowest BCUT2D eigenvalue weighted by molar-refractivity contribution is 0.0692. The second-order valence-corrected chi connectivity index (χ2v) is 12.9. The van der Waals surface area contributed by atoms with Crippen molar-refractivity contribution < 1.29 is 32.8 Å². The molecule has 0 radical (unpaired) electrons. The summed E-state index contributed by atoms with van der Waals surface area (Å²) in [6.07, 6.45) is 3.03. The number of halogens is 1. The Morgan fingerprint density at radius 2 is 1.60 bits per heavy atom. The molecule has 2 amide bonds. The average molecular weight is 672 g/mol. The minimum absolute atomic E-state index is 0.270. The highest BCUT2D eigenvalue weighted by molar-refractivity contribution is 7.85. The molecule has 1 atom stereocenters. The molecule has 13 heteroatoms. The van der Waals surface area contributed by atoms with Crippen molar-refractivity contribution in [1.82, 2.24) is 4.98 Å². The molecule has 1 heterocycles. The second-order valence-electron chi connectivity index (χ2n) is 11.8. The van der Waals surface area contributed by atoms with E-state index < -0.39 is 34.4 Å². The third kappa shape index (κ3) is 7.81. The predicted octanol–water partition coefficient (Wildman–Crippen LogP) is 8.26. The van der Waals surface area contributed by atoms with E-state index in [0.29, 0.717) is 51.2 Å². The van der Waals surface area contributed by atoms with Gasteiger partial charge in [-0.2, -0.15) is 0 Å². The molecule has 0 aliphatic heterocycles. The number of pyridine rings is 1. The number of urea groups is 1. The van der Waals surface area contributed by atoms with Gasteiger partial charge in [0, 0.05) is 35.0 Å². The van der Waals surface area contributed by atoms with E-state index in [9.17, 15) is 18.2 Å². The van der Waals surface area contributed by atoms with Crippen molar-refractivity contribution in [3.8, 4) is 17.2 Å². The maximum Gasteiger partial charge on any atom is 0.338 e. The average Bonchev–Trinajstić information content (AvgIpc) is 3.01. The van der Waals surface area contributed by atoms with E-state index in [1.54, 1.807) is 24.3 Å². The Bertz CT molecular complexity index is 2050. The van der Waals surface area contributed by atoms with E-state index >= 15 is 0 Å². The van der Waals surface area contributed by atoms with E-state index in [4.69, 9.17) is 14.6 Å². The lowest BCUT2D eigenvalue weighted by Gasteiger charge is -2.24. The van der Waals surface area contributed by atoms with Crippen molar-refractivity contribution in [2.24, 2.45) is 0 Å². The Labute approximate surface area is 279 Å². The van der Waals surface area contributed by atoms with Crippen molar-refractivity contribution in [2.75, 3.05) is 34.0 Å². The Kier molecular flexibility index (Phi) is 9.80. The van der Waals surface area contributed by atoms with Crippen LogP contribution in [0.5, 0.6) is 17.2 Å². The standard InChI is InChI=1S/C35H34FN5O6S/c1-35(2,3)20-16-28(32(46-4)29(17-20)41-48(5)45)40-34(44)39-27-12-13-30(24-9-7-6-8-23(24)27)47-22-14-15-37-31(19-22)38-21-10-11-25(33(42)43)26(36)18-21/h6-19,41H,1-5H3,(H,37,38)(H,42,43)(H2,39,40,44). The van der Waals surface area contributed by atoms with Crippen LogP contribution in [0.15, 0.2) is 85.1 Å². The third-order valence-electron chi connectivity index (χ3n) is 7.22. The first-order valence-corrected chi connectivity index (χ1v) is 16.2. The summed E-state index contributed by atoms with van der Waals surface area (Å²) in [5.41, 5.74) is 1.94. The molecule has 248 valence electrons. The molecule has 0 bridgehead atoms. The maximum atomic E-state index is 14.2. The normalized spacial score (nSPS) is 11.8. The van der Waals surface area contributed by atoms with Gasteiger partial charge in [-0.15, -0.1) is 0 Å². The molecule has 5 rings (SSSR count). The second kappa shape index (κ2) is 14.0. The first-order valence-electron chi connectivity index (χ1n) is 14.7. The number of amides is 2. The lowest BCUT2D eigenvalue weighted by atomic mass is 9.86. The van der Waals surface area contributed by atoms with Crippen LogP contribution in [0.4, 0.5) is 37.8 Å². The van der Waals surface area contributed by atoms with Gasteiger partial charge in [0.2, 0.25) is 0 Å². The zero-order chi connectivity index (χ0) is 34.6. The number of aromatic carboxylic acids is 1. The van der Waals surface area contributed by atoms with Gasteiger partial charge in [-0.3, -0.25) is 0 Å². The summed E-state index contributed by atoms with van der Waals surface area (Å²) in [5.74, 6) is -0.594. The quantitative estimate of drug-likeness (QED) is 0.0996. The van der Waals surface area contributed by atoms with Crippen molar-refractivity contribution in [3.63, 3.8) is 0 Å². The molecular formula is C35H34FN5O6S. The largest absolute Gasteiger partial charge is 0.492 e. The number of nitrogens with one attached hydrogen (secondary N) is 4. The number of rotatable bonds is 10. The highest BCUT2D eigenvalue weighted by Crippen LogP contribution is 2.40. The lowest BCUT2D eigenvalue weighted by Crippen LogP contribution is -2.21. The number of anilines is 5. The molecule has 0 spiro atoms. The molecule has 1 unspecified atom stereocenters. The Morgan fingerprint density at radius 1 is 0.896 bits per heavy atom. The van der Waals surface area contributed by atoms with Gasteiger partial charge < -0.3 is 35.3 Å². The molecule has 0 saturated heterocycles. The first kappa shape index (κ1) is 33.7. The number of nitrogens with zero attached hydrogens (tertiary/aromatic N) is 1. The number of hydrogen-bond acceptors (Lipinski definition) is 7. The fourth-order valence-corrected chi connectivity index (χ4v) is 5.40. The summed E-state index contributed by atoms with van der Waals surface area (Å²) >= 11 is 0. The molecule has 0 aliphatic carbocycles. The van der Waals surface area contributed by atoms with Crippen LogP contribution < -0.4 is 30.1 Å². The number of hydrogen-bond donors (Lipinski definition) is 5. The summed E-state index contributed by atoms with van der Waals surface area (Å²) in [7, 11) is 0.106. The van der Waals surface area contributed by atoms with Crippen molar-refractivity contribution >= 4 is 62.3 Å². The zero-order valence-electron chi connectivity index (χ0n) is 26.8. The summed E-state index contributed by atoms with van der Waals surface area (Å²) in [6, 6.07) is 21.0. The molecule has 48 heavy (non-hydrogen) atoms. The fourth-order valence-electron chi connectivity index (χ4n) is 4.93. The highest BCUT2D eigenvalue weighted by Gasteiger charge is 2.22. The number of aromatic nitrogens is 1. The van der Waals surface area contributed by atoms with Crippen LogP contribution in [0.3, 0.4) is 0 Å². The molecular weight excluding hydrogens is 637 g/mol. The van der Waals surface area contributed by atoms with Gasteiger partial charge in [-0.25, -0.2) is 23.2 Å². The van der Waals surface area contributed by atoms with Gasteiger partial charge in [0.1, 0.15) is 34.1 Å². The van der Waals surface area contributed by atoms with Crippen molar-refractivity contribution in [3.05, 3.63) is 102 Å². The van der Waals surface area contributed by atoms with Crippen molar-refractivity contribution in [1.29, 1.82) is 0 Å². The van der Waals surface area contributed by atoms with Crippen LogP contribution >= 0.6 is 0 Å². The molecule has 5 aromatic rings. The third-order valence-corrected chi connectivity index (χ3v) is 7.73. The summed E-state index contributed by atoms with van der Waals surface area (Å²) < 4.78 is 40.9. The molecule has 4 aromatic carbocycles. The van der Waals surface area contributed by atoms with E-state index in [2.05, 4.69) is 25.7 Å². The minimum Gasteiger partial charge on any atom is -0.492 e. The number of carboxylic acid groups (broad SMARTS) is 1. The van der Waals surface area contributed by atoms with Crippen LogP contribution in [0, 0.1) is 5.82 Å². The number of methoxy groups -OCH3 is 1. The Hall–Kier alpha value is -5.69. The van der Waals surface area contributed by atoms with Crippen LogP contribution in [0.2, 0.25) is 0 Å². The fraction of sp³-hybridized carbons (Fsp3) is 0.171. The molecule has 0 saturated carbocycles.